The van der Waals surface area contributed by atoms with Crippen LogP contribution in [-0.4, -0.2) is 40.6 Å². The Morgan fingerprint density at radius 3 is 2.23 bits per heavy atom. The van der Waals surface area contributed by atoms with Gasteiger partial charge in [-0.1, -0.05) is 23.2 Å². The molecule has 0 amide bonds. The standard InChI is InChI=1S/C12H13Cl2NO6S/c1-6(11(16)20-2)15-22(18,19)10-4-7(12(17)21-3)8(13)5-9(10)14/h4-6,15H,1-3H3. The monoisotopic (exact) mass is 369 g/mol. The molecule has 22 heavy (non-hydrogen) atoms. The Labute approximate surface area is 137 Å². The summed E-state index contributed by atoms with van der Waals surface area (Å²) in [6, 6.07) is 0.943. The van der Waals surface area contributed by atoms with Crippen molar-refractivity contribution in [2.75, 3.05) is 14.2 Å². The molecule has 7 nitrogen and oxygen atoms in total. The molecule has 1 rings (SSSR count). The molecule has 0 aliphatic heterocycles. The van der Waals surface area contributed by atoms with Gasteiger partial charge in [-0.3, -0.25) is 4.79 Å². The van der Waals surface area contributed by atoms with Crippen molar-refractivity contribution in [3.05, 3.63) is 27.7 Å². The largest absolute Gasteiger partial charge is 0.468 e. The van der Waals surface area contributed by atoms with Crippen molar-refractivity contribution in [1.29, 1.82) is 0 Å². The minimum atomic E-state index is -4.18. The van der Waals surface area contributed by atoms with E-state index >= 15 is 0 Å². The summed E-state index contributed by atoms with van der Waals surface area (Å²) < 4.78 is 35.5. The molecule has 0 radical (unpaired) electrons. The quantitative estimate of drug-likeness (QED) is 0.791. The van der Waals surface area contributed by atoms with Gasteiger partial charge in [0, 0.05) is 0 Å². The van der Waals surface area contributed by atoms with E-state index in [1.807, 2.05) is 0 Å². The summed E-state index contributed by atoms with van der Waals surface area (Å²) in [5, 5.41) is -0.265. The SMILES string of the molecule is COC(=O)c1cc(S(=O)(=O)NC(C)C(=O)OC)c(Cl)cc1Cl. The van der Waals surface area contributed by atoms with Crippen LogP contribution in [0.5, 0.6) is 0 Å². The molecule has 0 fully saturated rings. The topological polar surface area (TPSA) is 98.8 Å². The molecule has 1 aromatic rings. The van der Waals surface area contributed by atoms with E-state index < -0.39 is 32.9 Å². The van der Waals surface area contributed by atoms with Gasteiger partial charge in [0.1, 0.15) is 10.9 Å². The maximum absolute atomic E-state index is 12.3. The highest BCUT2D eigenvalue weighted by molar-refractivity contribution is 7.89. The molecule has 0 saturated carbocycles. The molecule has 0 aliphatic rings. The number of hydrogen-bond acceptors (Lipinski definition) is 6. The highest BCUT2D eigenvalue weighted by Gasteiger charge is 2.27. The molecule has 0 aliphatic carbocycles. The lowest BCUT2D eigenvalue weighted by Gasteiger charge is -2.14. The minimum absolute atomic E-state index is 0.0585. The second kappa shape index (κ2) is 7.28. The number of ether oxygens (including phenoxy) is 2. The molecule has 122 valence electrons. The van der Waals surface area contributed by atoms with E-state index in [2.05, 4.69) is 14.2 Å². The summed E-state index contributed by atoms with van der Waals surface area (Å²) >= 11 is 11.7. The lowest BCUT2D eigenvalue weighted by molar-refractivity contribution is -0.142. The van der Waals surface area contributed by atoms with E-state index in [9.17, 15) is 18.0 Å². The van der Waals surface area contributed by atoms with Crippen molar-refractivity contribution in [1.82, 2.24) is 4.72 Å². The predicted molar refractivity (Wildman–Crippen MR) is 79.6 cm³/mol. The average Bonchev–Trinajstić information content (AvgIpc) is 2.44. The molecule has 10 heteroatoms. The van der Waals surface area contributed by atoms with Crippen LogP contribution >= 0.6 is 23.2 Å². The smallest absolute Gasteiger partial charge is 0.339 e. The fraction of sp³-hybridized carbons (Fsp3) is 0.333. The molecule has 0 aromatic heterocycles. The van der Waals surface area contributed by atoms with Crippen LogP contribution in [0.15, 0.2) is 17.0 Å². The Hall–Kier alpha value is -1.35. The third kappa shape index (κ3) is 4.10. The Morgan fingerprint density at radius 2 is 1.73 bits per heavy atom. The van der Waals surface area contributed by atoms with Crippen molar-refractivity contribution in [2.24, 2.45) is 0 Å². The third-order valence-corrected chi connectivity index (χ3v) is 4.92. The average molecular weight is 370 g/mol. The van der Waals surface area contributed by atoms with Crippen molar-refractivity contribution < 1.29 is 27.5 Å². The number of carbonyl (C=O) groups is 2. The first-order valence-corrected chi connectivity index (χ1v) is 8.05. The normalized spacial score (nSPS) is 12.6. The third-order valence-electron chi connectivity index (χ3n) is 2.60. The number of carbonyl (C=O) groups excluding carboxylic acids is 2. The van der Waals surface area contributed by atoms with Gasteiger partial charge in [0.15, 0.2) is 0 Å². The molecular formula is C12H13Cl2NO6S. The molecule has 0 spiro atoms. The summed E-state index contributed by atoms with van der Waals surface area (Å²) in [4.78, 5) is 22.5. The van der Waals surface area contributed by atoms with Gasteiger partial charge < -0.3 is 9.47 Å². The molecule has 0 heterocycles. The van der Waals surface area contributed by atoms with Gasteiger partial charge in [0.2, 0.25) is 10.0 Å². The first-order chi connectivity index (χ1) is 10.1. The number of rotatable bonds is 5. The summed E-state index contributed by atoms with van der Waals surface area (Å²) in [7, 11) is -1.93. The second-order valence-electron chi connectivity index (χ2n) is 4.12. The number of methoxy groups -OCH3 is 2. The van der Waals surface area contributed by atoms with Crippen molar-refractivity contribution in [3.63, 3.8) is 0 Å². The Bertz CT molecular complexity index is 704. The van der Waals surface area contributed by atoms with E-state index in [-0.39, 0.29) is 15.6 Å². The molecule has 0 saturated heterocycles. The fourth-order valence-corrected chi connectivity index (χ4v) is 3.56. The van der Waals surface area contributed by atoms with Gasteiger partial charge >= 0.3 is 11.9 Å². The van der Waals surface area contributed by atoms with E-state index in [1.54, 1.807) is 0 Å². The number of sulfonamides is 1. The molecule has 1 unspecified atom stereocenters. The maximum Gasteiger partial charge on any atom is 0.339 e. The van der Waals surface area contributed by atoms with E-state index in [0.717, 1.165) is 26.4 Å². The zero-order chi connectivity index (χ0) is 17.1. The summed E-state index contributed by atoms with van der Waals surface area (Å²) in [5.41, 5.74) is -0.167. The molecule has 1 atom stereocenters. The van der Waals surface area contributed by atoms with Crippen LogP contribution in [0.1, 0.15) is 17.3 Å². The summed E-state index contributed by atoms with van der Waals surface area (Å²) in [6.45, 7) is 1.30. The van der Waals surface area contributed by atoms with Crippen LogP contribution in [0.25, 0.3) is 0 Å². The van der Waals surface area contributed by atoms with Crippen molar-refractivity contribution >= 4 is 45.2 Å². The summed E-state index contributed by atoms with van der Waals surface area (Å²) in [6.07, 6.45) is 0. The highest BCUT2D eigenvalue weighted by atomic mass is 35.5. The van der Waals surface area contributed by atoms with E-state index in [0.29, 0.717) is 0 Å². The van der Waals surface area contributed by atoms with Crippen LogP contribution in [0, 0.1) is 0 Å². The molecule has 1 N–H and O–H groups in total. The van der Waals surface area contributed by atoms with Gasteiger partial charge in [-0.15, -0.1) is 0 Å². The Kier molecular flexibility index (Phi) is 6.18. The highest BCUT2D eigenvalue weighted by Crippen LogP contribution is 2.29. The van der Waals surface area contributed by atoms with Gasteiger partial charge in [-0.25, -0.2) is 13.2 Å². The van der Waals surface area contributed by atoms with Crippen LogP contribution in [0.4, 0.5) is 0 Å². The molecule has 1 aromatic carbocycles. The van der Waals surface area contributed by atoms with Crippen LogP contribution in [0.2, 0.25) is 10.0 Å². The van der Waals surface area contributed by atoms with Gasteiger partial charge in [-0.05, 0) is 19.1 Å². The van der Waals surface area contributed by atoms with Gasteiger partial charge in [0.25, 0.3) is 0 Å². The first-order valence-electron chi connectivity index (χ1n) is 5.81. The Balaban J connectivity index is 3.30. The van der Waals surface area contributed by atoms with Gasteiger partial charge in [0.05, 0.1) is 29.8 Å². The number of halogens is 2. The van der Waals surface area contributed by atoms with Crippen molar-refractivity contribution in [2.45, 2.75) is 17.9 Å². The zero-order valence-electron chi connectivity index (χ0n) is 11.8. The van der Waals surface area contributed by atoms with Crippen LogP contribution in [-0.2, 0) is 24.3 Å². The maximum atomic E-state index is 12.3. The van der Waals surface area contributed by atoms with Crippen molar-refractivity contribution in [3.8, 4) is 0 Å². The molecular weight excluding hydrogens is 357 g/mol. The second-order valence-corrected chi connectivity index (χ2v) is 6.62. The lowest BCUT2D eigenvalue weighted by atomic mass is 10.2. The van der Waals surface area contributed by atoms with Crippen LogP contribution < -0.4 is 4.72 Å². The first kappa shape index (κ1) is 18.7. The lowest BCUT2D eigenvalue weighted by Crippen LogP contribution is -2.39. The fourth-order valence-electron chi connectivity index (χ4n) is 1.52. The van der Waals surface area contributed by atoms with E-state index in [4.69, 9.17) is 23.2 Å². The molecule has 0 bridgehead atoms. The summed E-state index contributed by atoms with van der Waals surface area (Å²) in [5.74, 6) is -1.60. The van der Waals surface area contributed by atoms with Crippen LogP contribution in [0.3, 0.4) is 0 Å². The Morgan fingerprint density at radius 1 is 1.14 bits per heavy atom. The number of nitrogens with one attached hydrogen (secondary N) is 1. The predicted octanol–water partition coefficient (Wildman–Crippen LogP) is 1.62. The van der Waals surface area contributed by atoms with E-state index in [1.165, 1.54) is 6.92 Å². The minimum Gasteiger partial charge on any atom is -0.468 e. The number of esters is 2. The number of hydrogen-bond donors (Lipinski definition) is 1. The number of benzene rings is 1. The van der Waals surface area contributed by atoms with Gasteiger partial charge in [-0.2, -0.15) is 4.72 Å². The zero-order valence-corrected chi connectivity index (χ0v) is 14.2.